The van der Waals surface area contributed by atoms with E-state index in [-0.39, 0.29) is 10.9 Å². The Kier molecular flexibility index (Phi) is 7.24. The molecular weight excluding hydrogens is 435 g/mol. The van der Waals surface area contributed by atoms with Gasteiger partial charge in [-0.15, -0.1) is 11.3 Å². The highest BCUT2D eigenvalue weighted by atomic mass is 35.5. The normalized spacial score (nSPS) is 17.6. The lowest BCUT2D eigenvalue weighted by Gasteiger charge is -2.34. The van der Waals surface area contributed by atoms with Gasteiger partial charge in [-0.2, -0.15) is 5.26 Å². The Balaban J connectivity index is 1.29. The van der Waals surface area contributed by atoms with Gasteiger partial charge in [0.1, 0.15) is 16.9 Å². The minimum Gasteiger partial charge on any atom is -0.315 e. The highest BCUT2D eigenvalue weighted by Crippen LogP contribution is 2.37. The zero-order chi connectivity index (χ0) is 21.8. The second-order valence-corrected chi connectivity index (χ2v) is 9.74. The van der Waals surface area contributed by atoms with Crippen molar-refractivity contribution in [3.05, 3.63) is 50.6 Å². The fraction of sp³-hybridized carbons (Fsp3) is 0.478. The number of rotatable bonds is 5. The van der Waals surface area contributed by atoms with E-state index >= 15 is 0 Å². The van der Waals surface area contributed by atoms with Gasteiger partial charge in [0.05, 0.1) is 17.1 Å². The molecule has 2 aliphatic rings. The van der Waals surface area contributed by atoms with Gasteiger partial charge >= 0.3 is 0 Å². The maximum Gasteiger partial charge on any atom is 0.239 e. The standard InChI is InChI=1S/C23H26ClFN4OS/c24-19-12-16(6-7-20(19)25)14-28-8-10-29(11-9-28)15-22(30)27-23-18(13-26)17-4-2-1-3-5-21(17)31-23/h6-7,12H,1-5,8-11,14-15H2,(H,27,30). The summed E-state index contributed by atoms with van der Waals surface area (Å²) in [5.41, 5.74) is 2.80. The number of hydrogen-bond acceptors (Lipinski definition) is 5. The Bertz CT molecular complexity index is 994. The average Bonchev–Trinajstić information content (AvgIpc) is 2.91. The summed E-state index contributed by atoms with van der Waals surface area (Å²) in [4.78, 5) is 18.3. The maximum atomic E-state index is 13.3. The van der Waals surface area contributed by atoms with E-state index in [2.05, 4.69) is 21.2 Å². The molecule has 1 fully saturated rings. The van der Waals surface area contributed by atoms with Crippen molar-refractivity contribution in [2.75, 3.05) is 38.0 Å². The second-order valence-electron chi connectivity index (χ2n) is 8.23. The predicted octanol–water partition coefficient (Wildman–Crippen LogP) is 4.44. The summed E-state index contributed by atoms with van der Waals surface area (Å²) in [7, 11) is 0. The molecule has 1 aromatic carbocycles. The molecule has 0 spiro atoms. The molecule has 1 aliphatic carbocycles. The number of thiophene rings is 1. The summed E-state index contributed by atoms with van der Waals surface area (Å²) >= 11 is 7.45. The summed E-state index contributed by atoms with van der Waals surface area (Å²) in [5, 5.41) is 13.5. The zero-order valence-electron chi connectivity index (χ0n) is 17.4. The van der Waals surface area contributed by atoms with Gasteiger partial charge in [0.2, 0.25) is 5.91 Å². The van der Waals surface area contributed by atoms with E-state index in [0.717, 1.165) is 63.0 Å². The van der Waals surface area contributed by atoms with Crippen LogP contribution in [0.4, 0.5) is 9.39 Å². The van der Waals surface area contributed by atoms with Gasteiger partial charge in [0, 0.05) is 37.6 Å². The summed E-state index contributed by atoms with van der Waals surface area (Å²) in [6.45, 7) is 4.27. The molecule has 0 saturated carbocycles. The number of hydrogen-bond donors (Lipinski definition) is 1. The van der Waals surface area contributed by atoms with Gasteiger partial charge in [0.15, 0.2) is 0 Å². The summed E-state index contributed by atoms with van der Waals surface area (Å²) in [6.07, 6.45) is 5.41. The smallest absolute Gasteiger partial charge is 0.239 e. The Morgan fingerprint density at radius 2 is 1.90 bits per heavy atom. The highest BCUT2D eigenvalue weighted by molar-refractivity contribution is 7.16. The number of nitrogens with one attached hydrogen (secondary N) is 1. The number of nitriles is 1. The van der Waals surface area contributed by atoms with E-state index < -0.39 is 5.82 Å². The van der Waals surface area contributed by atoms with Crippen molar-refractivity contribution in [2.24, 2.45) is 0 Å². The number of fused-ring (bicyclic) bond motifs is 1. The van der Waals surface area contributed by atoms with E-state index in [9.17, 15) is 14.4 Å². The van der Waals surface area contributed by atoms with Crippen molar-refractivity contribution < 1.29 is 9.18 Å². The number of piperazine rings is 1. The van der Waals surface area contributed by atoms with Crippen LogP contribution < -0.4 is 5.32 Å². The molecule has 0 bridgehead atoms. The highest BCUT2D eigenvalue weighted by Gasteiger charge is 2.23. The van der Waals surface area contributed by atoms with Crippen LogP contribution in [0.3, 0.4) is 0 Å². The van der Waals surface area contributed by atoms with E-state index in [4.69, 9.17) is 11.6 Å². The molecule has 2 aromatic rings. The van der Waals surface area contributed by atoms with E-state index in [1.165, 1.54) is 17.4 Å². The van der Waals surface area contributed by atoms with E-state index in [1.807, 2.05) is 0 Å². The summed E-state index contributed by atoms with van der Waals surface area (Å²) in [6, 6.07) is 7.15. The fourth-order valence-corrected chi connectivity index (χ4v) is 5.78. The molecule has 1 amide bonds. The molecule has 1 aromatic heterocycles. The number of halogens is 2. The van der Waals surface area contributed by atoms with Crippen LogP contribution >= 0.6 is 22.9 Å². The van der Waals surface area contributed by atoms with Crippen LogP contribution in [0.1, 0.15) is 40.8 Å². The van der Waals surface area contributed by atoms with E-state index in [1.54, 1.807) is 23.5 Å². The molecule has 2 heterocycles. The van der Waals surface area contributed by atoms with Crippen molar-refractivity contribution in [2.45, 2.75) is 38.6 Å². The van der Waals surface area contributed by atoms with Gasteiger partial charge < -0.3 is 5.32 Å². The van der Waals surface area contributed by atoms with Gasteiger partial charge in [0.25, 0.3) is 0 Å². The third-order valence-electron chi connectivity index (χ3n) is 6.01. The van der Waals surface area contributed by atoms with Crippen LogP contribution in [0.15, 0.2) is 18.2 Å². The zero-order valence-corrected chi connectivity index (χ0v) is 19.0. The van der Waals surface area contributed by atoms with Crippen LogP contribution in [-0.2, 0) is 24.2 Å². The first kappa shape index (κ1) is 22.2. The first-order valence-corrected chi connectivity index (χ1v) is 12.0. The summed E-state index contributed by atoms with van der Waals surface area (Å²) < 4.78 is 13.3. The molecule has 1 N–H and O–H groups in total. The number of carbonyl (C=O) groups excluding carboxylic acids is 1. The molecule has 8 heteroatoms. The van der Waals surface area contributed by atoms with Crippen molar-refractivity contribution in [1.29, 1.82) is 5.26 Å². The monoisotopic (exact) mass is 460 g/mol. The third-order valence-corrected chi connectivity index (χ3v) is 7.51. The topological polar surface area (TPSA) is 59.4 Å². The molecule has 31 heavy (non-hydrogen) atoms. The van der Waals surface area contributed by atoms with Crippen LogP contribution in [0.25, 0.3) is 0 Å². The third kappa shape index (κ3) is 5.45. The van der Waals surface area contributed by atoms with Crippen molar-refractivity contribution in [3.8, 4) is 6.07 Å². The number of nitrogens with zero attached hydrogens (tertiary/aromatic N) is 3. The molecule has 5 nitrogen and oxygen atoms in total. The van der Waals surface area contributed by atoms with Gasteiger partial charge in [-0.05, 0) is 48.9 Å². The first-order valence-electron chi connectivity index (χ1n) is 10.8. The Morgan fingerprint density at radius 1 is 1.16 bits per heavy atom. The fourth-order valence-electron chi connectivity index (χ4n) is 4.32. The van der Waals surface area contributed by atoms with Crippen molar-refractivity contribution in [1.82, 2.24) is 9.80 Å². The number of benzene rings is 1. The SMILES string of the molecule is N#Cc1c(NC(=O)CN2CCN(Cc3ccc(F)c(Cl)c3)CC2)sc2c1CCCCC2. The lowest BCUT2D eigenvalue weighted by molar-refractivity contribution is -0.117. The largest absolute Gasteiger partial charge is 0.315 e. The maximum absolute atomic E-state index is 13.3. The predicted molar refractivity (Wildman–Crippen MR) is 122 cm³/mol. The Hall–Kier alpha value is -1.98. The molecule has 0 unspecified atom stereocenters. The van der Waals surface area contributed by atoms with Crippen LogP contribution in [0.5, 0.6) is 0 Å². The van der Waals surface area contributed by atoms with Gasteiger partial charge in [-0.1, -0.05) is 24.1 Å². The molecule has 1 saturated heterocycles. The van der Waals surface area contributed by atoms with Crippen LogP contribution in [0, 0.1) is 17.1 Å². The molecule has 164 valence electrons. The number of carbonyl (C=O) groups is 1. The molecular formula is C23H26ClFN4OS. The minimum absolute atomic E-state index is 0.0633. The molecule has 1 aliphatic heterocycles. The number of aryl methyl sites for hydroxylation is 1. The number of anilines is 1. The lowest BCUT2D eigenvalue weighted by atomic mass is 10.1. The van der Waals surface area contributed by atoms with Gasteiger partial charge in [-0.3, -0.25) is 14.6 Å². The van der Waals surface area contributed by atoms with Crippen molar-refractivity contribution in [3.63, 3.8) is 0 Å². The Labute approximate surface area is 191 Å². The van der Waals surface area contributed by atoms with Gasteiger partial charge in [-0.25, -0.2) is 4.39 Å². The van der Waals surface area contributed by atoms with Crippen molar-refractivity contribution >= 4 is 33.8 Å². The first-order chi connectivity index (χ1) is 15.0. The second kappa shape index (κ2) is 10.1. The van der Waals surface area contributed by atoms with Crippen LogP contribution in [-0.4, -0.2) is 48.4 Å². The van der Waals surface area contributed by atoms with E-state index in [0.29, 0.717) is 23.7 Å². The minimum atomic E-state index is -0.400. The molecule has 4 rings (SSSR count). The quantitative estimate of drug-likeness (QED) is 0.670. The lowest BCUT2D eigenvalue weighted by Crippen LogP contribution is -2.48. The van der Waals surface area contributed by atoms with Crippen LogP contribution in [0.2, 0.25) is 5.02 Å². The molecule has 0 atom stereocenters. The average molecular weight is 461 g/mol. The molecule has 0 radical (unpaired) electrons. The summed E-state index contributed by atoms with van der Waals surface area (Å²) in [5.74, 6) is -0.463. The number of amides is 1. The Morgan fingerprint density at radius 3 is 2.65 bits per heavy atom.